The number of thiophene rings is 1. The first-order valence-electron chi connectivity index (χ1n) is 9.25. The number of fused-ring (bicyclic) bond motifs is 1. The van der Waals surface area contributed by atoms with Gasteiger partial charge in [-0.3, -0.25) is 4.79 Å². The molecular weight excluding hydrogens is 344 g/mol. The van der Waals surface area contributed by atoms with E-state index in [1.807, 2.05) is 23.5 Å². The van der Waals surface area contributed by atoms with Gasteiger partial charge in [0, 0.05) is 22.2 Å². The second-order valence-electron chi connectivity index (χ2n) is 7.43. The molecule has 0 spiro atoms. The number of rotatable bonds is 7. The molecule has 140 valence electrons. The molecule has 1 amide bonds. The Kier molecular flexibility index (Phi) is 5.99. The molecule has 2 aromatic rings. The maximum Gasteiger partial charge on any atom is 0.220 e. The Morgan fingerprint density at radius 1 is 1.35 bits per heavy atom. The van der Waals surface area contributed by atoms with Gasteiger partial charge < -0.3 is 15.3 Å². The number of hydrogen-bond acceptors (Lipinski definition) is 4. The Hall–Kier alpha value is -1.85. The molecule has 4 nitrogen and oxygen atoms in total. The van der Waals surface area contributed by atoms with Crippen molar-refractivity contribution in [3.63, 3.8) is 0 Å². The van der Waals surface area contributed by atoms with Gasteiger partial charge in [-0.25, -0.2) is 0 Å². The molecule has 5 heteroatoms. The predicted octanol–water partition coefficient (Wildman–Crippen LogP) is 3.82. The van der Waals surface area contributed by atoms with Crippen molar-refractivity contribution in [2.45, 2.75) is 51.1 Å². The van der Waals surface area contributed by atoms with Crippen LogP contribution in [-0.2, 0) is 17.6 Å². The molecule has 2 atom stereocenters. The summed E-state index contributed by atoms with van der Waals surface area (Å²) in [6.45, 7) is 2.13. The normalized spacial score (nSPS) is 17.3. The van der Waals surface area contributed by atoms with E-state index < -0.39 is 0 Å². The van der Waals surface area contributed by atoms with Gasteiger partial charge in [0.05, 0.1) is 6.04 Å². The molecule has 0 fully saturated rings. The molecule has 1 heterocycles. The maximum atomic E-state index is 12.5. The van der Waals surface area contributed by atoms with Gasteiger partial charge in [-0.15, -0.1) is 11.3 Å². The molecule has 0 aliphatic heterocycles. The van der Waals surface area contributed by atoms with Gasteiger partial charge in [0.15, 0.2) is 0 Å². The van der Waals surface area contributed by atoms with E-state index >= 15 is 0 Å². The Morgan fingerprint density at radius 2 is 2.08 bits per heavy atom. The first-order chi connectivity index (χ1) is 12.4. The highest BCUT2D eigenvalue weighted by atomic mass is 32.1. The number of nitrogens with one attached hydrogen (secondary N) is 1. The minimum absolute atomic E-state index is 0.145. The molecule has 0 saturated heterocycles. The van der Waals surface area contributed by atoms with Crippen LogP contribution >= 0.6 is 11.3 Å². The molecule has 1 unspecified atom stereocenters. The highest BCUT2D eigenvalue weighted by Crippen LogP contribution is 2.37. The van der Waals surface area contributed by atoms with Crippen LogP contribution in [0.5, 0.6) is 5.75 Å². The number of nitrogens with zero attached hydrogens (tertiary/aromatic N) is 1. The maximum absolute atomic E-state index is 12.5. The van der Waals surface area contributed by atoms with E-state index in [1.165, 1.54) is 20.9 Å². The number of carbonyl (C=O) groups is 1. The lowest BCUT2D eigenvalue weighted by Crippen LogP contribution is -2.33. The lowest BCUT2D eigenvalue weighted by molar-refractivity contribution is -0.122. The van der Waals surface area contributed by atoms with E-state index in [2.05, 4.69) is 37.3 Å². The third kappa shape index (κ3) is 4.65. The molecule has 26 heavy (non-hydrogen) atoms. The lowest BCUT2D eigenvalue weighted by Gasteiger charge is -2.24. The summed E-state index contributed by atoms with van der Waals surface area (Å²) in [5, 5.41) is 12.7. The van der Waals surface area contributed by atoms with E-state index in [-0.39, 0.29) is 17.7 Å². The van der Waals surface area contributed by atoms with Crippen LogP contribution in [0.15, 0.2) is 30.3 Å². The zero-order chi connectivity index (χ0) is 18.7. The molecule has 2 N–H and O–H groups in total. The van der Waals surface area contributed by atoms with Crippen molar-refractivity contribution < 1.29 is 9.90 Å². The van der Waals surface area contributed by atoms with Gasteiger partial charge in [-0.05, 0) is 76.0 Å². The van der Waals surface area contributed by atoms with E-state index in [0.717, 1.165) is 25.7 Å². The summed E-state index contributed by atoms with van der Waals surface area (Å²) in [6.07, 6.45) is 4.34. The summed E-state index contributed by atoms with van der Waals surface area (Å²) in [5.74, 6) is 0.431. The second kappa shape index (κ2) is 8.23. The summed E-state index contributed by atoms with van der Waals surface area (Å²) in [5.41, 5.74) is 2.59. The summed E-state index contributed by atoms with van der Waals surface area (Å²) >= 11 is 1.82. The number of aromatic hydroxyl groups is 1. The molecular formula is C21H28N2O2S. The van der Waals surface area contributed by atoms with E-state index in [9.17, 15) is 9.90 Å². The van der Waals surface area contributed by atoms with Gasteiger partial charge >= 0.3 is 0 Å². The fourth-order valence-corrected chi connectivity index (χ4v) is 4.81. The van der Waals surface area contributed by atoms with Crippen LogP contribution in [0.4, 0.5) is 0 Å². The first-order valence-corrected chi connectivity index (χ1v) is 10.1. The summed E-state index contributed by atoms with van der Waals surface area (Å²) in [7, 11) is 4.11. The van der Waals surface area contributed by atoms with Crippen LogP contribution in [-0.4, -0.2) is 36.1 Å². The topological polar surface area (TPSA) is 52.6 Å². The van der Waals surface area contributed by atoms with Gasteiger partial charge in [-0.1, -0.05) is 12.1 Å². The number of amides is 1. The van der Waals surface area contributed by atoms with E-state index in [0.29, 0.717) is 12.5 Å². The Balaban J connectivity index is 1.52. The number of hydrogen-bond donors (Lipinski definition) is 2. The number of phenolic OH excluding ortho intramolecular Hbond substituents is 1. The SMILES string of the molecule is Cc1cc2c(s1)C(NC(=O)CC[C@H](Cc1ccc(O)cc1)N(C)C)CC2. The van der Waals surface area contributed by atoms with Crippen LogP contribution in [0, 0.1) is 6.92 Å². The van der Waals surface area contributed by atoms with Crippen molar-refractivity contribution in [1.29, 1.82) is 0 Å². The van der Waals surface area contributed by atoms with Gasteiger partial charge in [0.1, 0.15) is 5.75 Å². The monoisotopic (exact) mass is 372 g/mol. The summed E-state index contributed by atoms with van der Waals surface area (Å²) in [4.78, 5) is 17.3. The van der Waals surface area contributed by atoms with Gasteiger partial charge in [0.25, 0.3) is 0 Å². The van der Waals surface area contributed by atoms with Crippen molar-refractivity contribution in [3.05, 3.63) is 51.2 Å². The van der Waals surface area contributed by atoms with Crippen molar-refractivity contribution in [1.82, 2.24) is 10.2 Å². The fourth-order valence-electron chi connectivity index (χ4n) is 3.66. The molecule has 0 radical (unpaired) electrons. The third-order valence-corrected chi connectivity index (χ3v) is 6.37. The van der Waals surface area contributed by atoms with Crippen LogP contribution < -0.4 is 5.32 Å². The number of aryl methyl sites for hydroxylation is 2. The molecule has 0 saturated carbocycles. The first kappa shape index (κ1) is 18.9. The van der Waals surface area contributed by atoms with Crippen LogP contribution in [0.3, 0.4) is 0 Å². The lowest BCUT2D eigenvalue weighted by atomic mass is 10.0. The van der Waals surface area contributed by atoms with Gasteiger partial charge in [0.2, 0.25) is 5.91 Å². The number of benzene rings is 1. The zero-order valence-electron chi connectivity index (χ0n) is 15.8. The zero-order valence-corrected chi connectivity index (χ0v) is 16.6. The predicted molar refractivity (Wildman–Crippen MR) is 107 cm³/mol. The molecule has 1 aromatic heterocycles. The molecule has 1 aliphatic carbocycles. The standard InChI is InChI=1S/C21H28N2O2S/c1-14-12-16-6-10-19(21(16)26-14)22-20(25)11-7-17(23(2)3)13-15-4-8-18(24)9-5-15/h4-5,8-9,12,17,19,24H,6-7,10-11,13H2,1-3H3,(H,22,25)/t17-,19?/m1/s1. The van der Waals surface area contributed by atoms with E-state index in [4.69, 9.17) is 0 Å². The summed E-state index contributed by atoms with van der Waals surface area (Å²) in [6, 6.07) is 10.1. The molecule has 1 aliphatic rings. The number of likely N-dealkylation sites (N-methyl/N-ethyl adjacent to an activating group) is 1. The highest BCUT2D eigenvalue weighted by Gasteiger charge is 2.26. The minimum Gasteiger partial charge on any atom is -0.508 e. The largest absolute Gasteiger partial charge is 0.508 e. The average molecular weight is 373 g/mol. The van der Waals surface area contributed by atoms with Crippen LogP contribution in [0.2, 0.25) is 0 Å². The summed E-state index contributed by atoms with van der Waals surface area (Å²) < 4.78 is 0. The Labute approximate surface area is 159 Å². The second-order valence-corrected chi connectivity index (χ2v) is 8.72. The van der Waals surface area contributed by atoms with Crippen molar-refractivity contribution >= 4 is 17.2 Å². The molecule has 3 rings (SSSR count). The van der Waals surface area contributed by atoms with Crippen molar-refractivity contribution in [2.24, 2.45) is 0 Å². The van der Waals surface area contributed by atoms with E-state index in [1.54, 1.807) is 12.1 Å². The molecule has 0 bridgehead atoms. The third-order valence-electron chi connectivity index (χ3n) is 5.16. The highest BCUT2D eigenvalue weighted by molar-refractivity contribution is 7.12. The molecule has 1 aromatic carbocycles. The fraction of sp³-hybridized carbons (Fsp3) is 0.476. The number of phenols is 1. The smallest absolute Gasteiger partial charge is 0.220 e. The minimum atomic E-state index is 0.145. The Bertz CT molecular complexity index is 752. The van der Waals surface area contributed by atoms with Crippen LogP contribution in [0.1, 0.15) is 46.2 Å². The van der Waals surface area contributed by atoms with Crippen molar-refractivity contribution in [2.75, 3.05) is 14.1 Å². The number of carbonyl (C=O) groups excluding carboxylic acids is 1. The van der Waals surface area contributed by atoms with Crippen LogP contribution in [0.25, 0.3) is 0 Å². The van der Waals surface area contributed by atoms with Gasteiger partial charge in [-0.2, -0.15) is 0 Å². The average Bonchev–Trinajstić information content (AvgIpc) is 3.13. The Morgan fingerprint density at radius 3 is 2.77 bits per heavy atom. The van der Waals surface area contributed by atoms with Crippen molar-refractivity contribution in [3.8, 4) is 5.75 Å². The quantitative estimate of drug-likeness (QED) is 0.777.